The maximum Gasteiger partial charge on any atom is 0.243 e. The van der Waals surface area contributed by atoms with E-state index in [-0.39, 0.29) is 17.2 Å². The van der Waals surface area contributed by atoms with E-state index in [2.05, 4.69) is 0 Å². The Morgan fingerprint density at radius 3 is 2.62 bits per heavy atom. The van der Waals surface area contributed by atoms with Crippen LogP contribution in [0.5, 0.6) is 0 Å². The number of ether oxygens (including phenoxy) is 1. The maximum atomic E-state index is 12.9. The predicted molar refractivity (Wildman–Crippen MR) is 89.9 cm³/mol. The SMILES string of the molecule is COC[C@@]12CN(C(C)=O)CC[C@@H]1CN(S(=O)(=O)c1ccccc1)C2. The van der Waals surface area contributed by atoms with Crippen molar-refractivity contribution >= 4 is 15.9 Å². The Labute approximate surface area is 143 Å². The van der Waals surface area contributed by atoms with Gasteiger partial charge >= 0.3 is 0 Å². The number of piperidine rings is 1. The highest BCUT2D eigenvalue weighted by molar-refractivity contribution is 7.89. The number of methoxy groups -OCH3 is 1. The molecule has 0 radical (unpaired) electrons. The lowest BCUT2D eigenvalue weighted by atomic mass is 9.74. The summed E-state index contributed by atoms with van der Waals surface area (Å²) in [6.07, 6.45) is 0.809. The van der Waals surface area contributed by atoms with Crippen LogP contribution in [0.15, 0.2) is 35.2 Å². The van der Waals surface area contributed by atoms with Crippen LogP contribution in [-0.4, -0.2) is 63.4 Å². The van der Waals surface area contributed by atoms with E-state index in [0.717, 1.165) is 6.42 Å². The molecule has 0 N–H and O–H groups in total. The molecule has 2 atom stereocenters. The minimum atomic E-state index is -3.52. The van der Waals surface area contributed by atoms with Crippen molar-refractivity contribution in [3.63, 3.8) is 0 Å². The minimum absolute atomic E-state index is 0.0355. The van der Waals surface area contributed by atoms with Crippen LogP contribution in [0.4, 0.5) is 0 Å². The van der Waals surface area contributed by atoms with Crippen molar-refractivity contribution in [1.29, 1.82) is 0 Å². The van der Waals surface area contributed by atoms with Crippen LogP contribution in [0.2, 0.25) is 0 Å². The normalized spacial score (nSPS) is 27.9. The predicted octanol–water partition coefficient (Wildman–Crippen LogP) is 1.19. The number of carbonyl (C=O) groups is 1. The van der Waals surface area contributed by atoms with Crippen molar-refractivity contribution in [3.8, 4) is 0 Å². The van der Waals surface area contributed by atoms with E-state index in [1.807, 2.05) is 4.90 Å². The Kier molecular flexibility index (Phi) is 4.68. The summed E-state index contributed by atoms with van der Waals surface area (Å²) in [5, 5.41) is 0. The van der Waals surface area contributed by atoms with E-state index >= 15 is 0 Å². The second kappa shape index (κ2) is 6.46. The Hall–Kier alpha value is -1.44. The minimum Gasteiger partial charge on any atom is -0.384 e. The highest BCUT2D eigenvalue weighted by atomic mass is 32.2. The maximum absolute atomic E-state index is 12.9. The third-order valence-corrected chi connectivity index (χ3v) is 7.12. The molecule has 2 fully saturated rings. The summed E-state index contributed by atoms with van der Waals surface area (Å²) < 4.78 is 32.9. The fraction of sp³-hybridized carbons (Fsp3) is 0.588. The summed E-state index contributed by atoms with van der Waals surface area (Å²) in [6, 6.07) is 8.53. The number of rotatable bonds is 4. The third-order valence-electron chi connectivity index (χ3n) is 5.29. The van der Waals surface area contributed by atoms with Gasteiger partial charge in [0, 0.05) is 45.6 Å². The first-order chi connectivity index (χ1) is 11.4. The molecule has 0 spiro atoms. The van der Waals surface area contributed by atoms with E-state index in [9.17, 15) is 13.2 Å². The molecule has 1 aromatic carbocycles. The molecule has 24 heavy (non-hydrogen) atoms. The molecule has 2 saturated heterocycles. The monoisotopic (exact) mass is 352 g/mol. The quantitative estimate of drug-likeness (QED) is 0.816. The van der Waals surface area contributed by atoms with Gasteiger partial charge in [0.05, 0.1) is 11.5 Å². The Bertz CT molecular complexity index is 707. The first kappa shape index (κ1) is 17.4. The van der Waals surface area contributed by atoms with Crippen LogP contribution in [0.1, 0.15) is 13.3 Å². The van der Waals surface area contributed by atoms with Crippen molar-refractivity contribution in [2.45, 2.75) is 18.2 Å². The van der Waals surface area contributed by atoms with Gasteiger partial charge in [0.2, 0.25) is 15.9 Å². The van der Waals surface area contributed by atoms with Crippen LogP contribution < -0.4 is 0 Å². The lowest BCUT2D eigenvalue weighted by molar-refractivity contribution is -0.134. The zero-order chi connectivity index (χ0) is 17.4. The van der Waals surface area contributed by atoms with Gasteiger partial charge in [-0.15, -0.1) is 0 Å². The van der Waals surface area contributed by atoms with E-state index in [1.165, 1.54) is 0 Å². The molecule has 0 aromatic heterocycles. The average molecular weight is 352 g/mol. The van der Waals surface area contributed by atoms with Crippen LogP contribution in [0, 0.1) is 11.3 Å². The van der Waals surface area contributed by atoms with Gasteiger partial charge in [-0.3, -0.25) is 4.79 Å². The molecule has 0 bridgehead atoms. The molecule has 3 rings (SSSR count). The number of carbonyl (C=O) groups excluding carboxylic acids is 1. The molecule has 1 aromatic rings. The van der Waals surface area contributed by atoms with E-state index < -0.39 is 10.0 Å². The number of sulfonamides is 1. The molecule has 1 amide bonds. The van der Waals surface area contributed by atoms with Gasteiger partial charge in [-0.1, -0.05) is 18.2 Å². The highest BCUT2D eigenvalue weighted by Gasteiger charge is 2.53. The number of benzene rings is 1. The lowest BCUT2D eigenvalue weighted by Gasteiger charge is -2.43. The van der Waals surface area contributed by atoms with Gasteiger partial charge in [-0.05, 0) is 24.5 Å². The number of hydrogen-bond donors (Lipinski definition) is 0. The molecule has 132 valence electrons. The smallest absolute Gasteiger partial charge is 0.243 e. The lowest BCUT2D eigenvalue weighted by Crippen LogP contribution is -2.52. The van der Waals surface area contributed by atoms with E-state index in [1.54, 1.807) is 48.7 Å². The van der Waals surface area contributed by atoms with Crippen molar-refractivity contribution in [3.05, 3.63) is 30.3 Å². The molecule has 2 heterocycles. The second-order valence-corrected chi connectivity index (χ2v) is 8.77. The number of likely N-dealkylation sites (tertiary alicyclic amines) is 1. The number of fused-ring (bicyclic) bond motifs is 1. The molecular weight excluding hydrogens is 328 g/mol. The number of hydrogen-bond acceptors (Lipinski definition) is 4. The van der Waals surface area contributed by atoms with Crippen LogP contribution in [0.25, 0.3) is 0 Å². The van der Waals surface area contributed by atoms with E-state index in [4.69, 9.17) is 4.74 Å². The molecule has 0 unspecified atom stereocenters. The van der Waals surface area contributed by atoms with Crippen molar-refractivity contribution in [2.75, 3.05) is 39.9 Å². The van der Waals surface area contributed by atoms with Gasteiger partial charge < -0.3 is 9.64 Å². The summed E-state index contributed by atoms with van der Waals surface area (Å²) in [6.45, 7) is 4.15. The Morgan fingerprint density at radius 2 is 2.00 bits per heavy atom. The van der Waals surface area contributed by atoms with Crippen molar-refractivity contribution in [1.82, 2.24) is 9.21 Å². The Morgan fingerprint density at radius 1 is 1.29 bits per heavy atom. The van der Waals surface area contributed by atoms with Crippen LogP contribution in [-0.2, 0) is 19.6 Å². The zero-order valence-corrected chi connectivity index (χ0v) is 15.0. The summed E-state index contributed by atoms with van der Waals surface area (Å²) in [5.74, 6) is 0.250. The summed E-state index contributed by atoms with van der Waals surface area (Å²) >= 11 is 0. The van der Waals surface area contributed by atoms with Gasteiger partial charge in [0.25, 0.3) is 0 Å². The molecule has 7 heteroatoms. The van der Waals surface area contributed by atoms with Gasteiger partial charge in [0.1, 0.15) is 0 Å². The first-order valence-electron chi connectivity index (χ1n) is 8.19. The van der Waals surface area contributed by atoms with E-state index in [0.29, 0.717) is 37.7 Å². The number of amides is 1. The van der Waals surface area contributed by atoms with Crippen LogP contribution in [0.3, 0.4) is 0 Å². The fourth-order valence-electron chi connectivity index (χ4n) is 4.02. The second-order valence-electron chi connectivity index (χ2n) is 6.83. The molecule has 0 saturated carbocycles. The fourth-order valence-corrected chi connectivity index (χ4v) is 5.62. The molecule has 6 nitrogen and oxygen atoms in total. The van der Waals surface area contributed by atoms with Gasteiger partial charge in [0.15, 0.2) is 0 Å². The van der Waals surface area contributed by atoms with Gasteiger partial charge in [-0.25, -0.2) is 8.42 Å². The van der Waals surface area contributed by atoms with Gasteiger partial charge in [-0.2, -0.15) is 4.31 Å². The zero-order valence-electron chi connectivity index (χ0n) is 14.1. The molecular formula is C17H24N2O4S. The molecule has 0 aliphatic carbocycles. The van der Waals surface area contributed by atoms with Crippen molar-refractivity contribution < 1.29 is 17.9 Å². The van der Waals surface area contributed by atoms with Crippen LogP contribution >= 0.6 is 0 Å². The largest absolute Gasteiger partial charge is 0.384 e. The standard InChI is InChI=1S/C17H24N2O4S/c1-14(20)18-9-8-15-10-19(12-17(15,11-18)13-23-2)24(21,22)16-6-4-3-5-7-16/h3-7,15H,8-13H2,1-2H3/t15-,17+/m1/s1. The third kappa shape index (κ3) is 2.96. The summed E-state index contributed by atoms with van der Waals surface area (Å²) in [4.78, 5) is 13.9. The Balaban J connectivity index is 1.89. The van der Waals surface area contributed by atoms with Crippen molar-refractivity contribution in [2.24, 2.45) is 11.3 Å². The topological polar surface area (TPSA) is 66.9 Å². The first-order valence-corrected chi connectivity index (χ1v) is 9.63. The number of nitrogens with zero attached hydrogens (tertiary/aromatic N) is 2. The average Bonchev–Trinajstić information content (AvgIpc) is 2.95. The summed E-state index contributed by atoms with van der Waals surface area (Å²) in [7, 11) is -1.88. The molecule has 2 aliphatic heterocycles. The molecule has 2 aliphatic rings. The highest BCUT2D eigenvalue weighted by Crippen LogP contribution is 2.44. The summed E-state index contributed by atoms with van der Waals surface area (Å²) in [5.41, 5.74) is -0.319.